The summed E-state index contributed by atoms with van der Waals surface area (Å²) >= 11 is 0. The summed E-state index contributed by atoms with van der Waals surface area (Å²) in [4.78, 5) is 19.4. The fourth-order valence-corrected chi connectivity index (χ4v) is 3.13. The first-order valence-corrected chi connectivity index (χ1v) is 8.47. The smallest absolute Gasteiger partial charge is 0.357 e. The number of oxazole rings is 1. The third kappa shape index (κ3) is 3.93. The van der Waals surface area contributed by atoms with Gasteiger partial charge in [-0.15, -0.1) is 0 Å². The van der Waals surface area contributed by atoms with Crippen molar-refractivity contribution >= 4 is 12.0 Å². The lowest BCUT2D eigenvalue weighted by molar-refractivity contribution is 0.0690. The molecule has 0 aliphatic carbocycles. The Bertz CT molecular complexity index is 731. The van der Waals surface area contributed by atoms with Gasteiger partial charge in [-0.3, -0.25) is 4.90 Å². The number of ether oxygens (including phenoxy) is 1. The molecule has 1 aliphatic rings. The van der Waals surface area contributed by atoms with Gasteiger partial charge in [-0.1, -0.05) is 18.2 Å². The van der Waals surface area contributed by atoms with E-state index in [2.05, 4.69) is 22.9 Å². The average Bonchev–Trinajstić information content (AvgIpc) is 3.07. The molecule has 2 aromatic rings. The number of hydrogen-bond acceptors (Lipinski definition) is 6. The predicted octanol–water partition coefficient (Wildman–Crippen LogP) is 2.48. The van der Waals surface area contributed by atoms with Gasteiger partial charge < -0.3 is 19.2 Å². The number of carbonyl (C=O) groups is 1. The van der Waals surface area contributed by atoms with E-state index in [1.54, 1.807) is 0 Å². The molecule has 7 nitrogen and oxygen atoms in total. The van der Waals surface area contributed by atoms with Crippen LogP contribution >= 0.6 is 0 Å². The van der Waals surface area contributed by atoms with Gasteiger partial charge in [0, 0.05) is 37.8 Å². The van der Waals surface area contributed by atoms with Gasteiger partial charge in [0.15, 0.2) is 5.69 Å². The van der Waals surface area contributed by atoms with Crippen LogP contribution in [-0.4, -0.2) is 53.2 Å². The monoisotopic (exact) mass is 345 g/mol. The average molecular weight is 345 g/mol. The van der Waals surface area contributed by atoms with Crippen LogP contribution in [0.15, 0.2) is 34.9 Å². The second-order valence-corrected chi connectivity index (χ2v) is 6.14. The Morgan fingerprint density at radius 1 is 1.40 bits per heavy atom. The van der Waals surface area contributed by atoms with Crippen LogP contribution in [0.4, 0.5) is 6.01 Å². The predicted molar refractivity (Wildman–Crippen MR) is 93.2 cm³/mol. The Kier molecular flexibility index (Phi) is 5.23. The highest BCUT2D eigenvalue weighted by Gasteiger charge is 2.28. The van der Waals surface area contributed by atoms with Crippen LogP contribution in [0.3, 0.4) is 0 Å². The molecule has 1 N–H and O–H groups in total. The molecule has 25 heavy (non-hydrogen) atoms. The molecule has 1 aliphatic heterocycles. The Balaban J connectivity index is 1.64. The van der Waals surface area contributed by atoms with Gasteiger partial charge in [0.25, 0.3) is 6.01 Å². The third-order valence-electron chi connectivity index (χ3n) is 4.33. The zero-order valence-corrected chi connectivity index (χ0v) is 14.5. The molecule has 0 bridgehead atoms. The quantitative estimate of drug-likeness (QED) is 0.861. The Hall–Kier alpha value is -2.54. The molecule has 1 unspecified atom stereocenters. The van der Waals surface area contributed by atoms with Crippen LogP contribution in [0.2, 0.25) is 0 Å². The lowest BCUT2D eigenvalue weighted by Gasteiger charge is -2.39. The molecule has 0 amide bonds. The summed E-state index contributed by atoms with van der Waals surface area (Å²) in [5.74, 6) is -0.146. The standard InChI is InChI=1S/C18H23N3O4/c1-3-24-16-7-5-4-6-14(16)11-20-8-9-21(13(2)10-20)18-19-15(12-25-18)17(22)23/h4-7,12-13H,3,8-11H2,1-2H3,(H,22,23). The van der Waals surface area contributed by atoms with E-state index in [-0.39, 0.29) is 11.7 Å². The van der Waals surface area contributed by atoms with Crippen molar-refractivity contribution in [1.29, 1.82) is 0 Å². The Morgan fingerprint density at radius 3 is 2.88 bits per heavy atom. The van der Waals surface area contributed by atoms with E-state index in [1.807, 2.05) is 30.0 Å². The number of carboxylic acids is 1. The molecule has 7 heteroatoms. The molecular weight excluding hydrogens is 322 g/mol. The van der Waals surface area contributed by atoms with E-state index in [4.69, 9.17) is 14.3 Å². The third-order valence-corrected chi connectivity index (χ3v) is 4.33. The molecule has 1 atom stereocenters. The lowest BCUT2D eigenvalue weighted by Crippen LogP contribution is -2.51. The molecule has 0 spiro atoms. The van der Waals surface area contributed by atoms with Crippen LogP contribution in [0, 0.1) is 0 Å². The first-order valence-electron chi connectivity index (χ1n) is 8.47. The number of nitrogens with zero attached hydrogens (tertiary/aromatic N) is 3. The van der Waals surface area contributed by atoms with Gasteiger partial charge in [-0.05, 0) is 19.9 Å². The van der Waals surface area contributed by atoms with E-state index < -0.39 is 5.97 Å². The van der Waals surface area contributed by atoms with Gasteiger partial charge >= 0.3 is 5.97 Å². The summed E-state index contributed by atoms with van der Waals surface area (Å²) in [5.41, 5.74) is 1.12. The topological polar surface area (TPSA) is 79.0 Å². The van der Waals surface area contributed by atoms with E-state index in [1.165, 1.54) is 11.8 Å². The fourth-order valence-electron chi connectivity index (χ4n) is 3.13. The number of hydrogen-bond donors (Lipinski definition) is 1. The van der Waals surface area contributed by atoms with Gasteiger partial charge in [0.2, 0.25) is 0 Å². The van der Waals surface area contributed by atoms with Crippen LogP contribution in [0.5, 0.6) is 5.75 Å². The summed E-state index contributed by atoms with van der Waals surface area (Å²) in [6.45, 7) is 7.96. The minimum atomic E-state index is -1.08. The Morgan fingerprint density at radius 2 is 2.20 bits per heavy atom. The summed E-state index contributed by atoms with van der Waals surface area (Å²) in [6.07, 6.45) is 1.19. The van der Waals surface area contributed by atoms with Gasteiger partial charge in [-0.2, -0.15) is 4.98 Å². The molecule has 1 aromatic carbocycles. The van der Waals surface area contributed by atoms with Crippen molar-refractivity contribution in [3.8, 4) is 5.75 Å². The number of aromatic carboxylic acids is 1. The van der Waals surface area contributed by atoms with Gasteiger partial charge in [-0.25, -0.2) is 4.79 Å². The van der Waals surface area contributed by atoms with Gasteiger partial charge in [0.05, 0.1) is 6.61 Å². The Labute approximate surface area is 146 Å². The second-order valence-electron chi connectivity index (χ2n) is 6.14. The van der Waals surface area contributed by atoms with Crippen molar-refractivity contribution in [2.24, 2.45) is 0 Å². The van der Waals surface area contributed by atoms with Crippen molar-refractivity contribution in [3.05, 3.63) is 41.8 Å². The summed E-state index contributed by atoms with van der Waals surface area (Å²) in [7, 11) is 0. The van der Waals surface area contributed by atoms with Crippen molar-refractivity contribution in [2.75, 3.05) is 31.1 Å². The van der Waals surface area contributed by atoms with Crippen molar-refractivity contribution in [2.45, 2.75) is 26.4 Å². The molecule has 134 valence electrons. The molecule has 1 fully saturated rings. The largest absolute Gasteiger partial charge is 0.494 e. The molecule has 0 saturated carbocycles. The van der Waals surface area contributed by atoms with Crippen LogP contribution in [-0.2, 0) is 6.54 Å². The van der Waals surface area contributed by atoms with E-state index in [9.17, 15) is 4.79 Å². The number of anilines is 1. The van der Waals surface area contributed by atoms with Crippen LogP contribution in [0.1, 0.15) is 29.9 Å². The molecule has 1 saturated heterocycles. The lowest BCUT2D eigenvalue weighted by atomic mass is 10.1. The molecule has 0 radical (unpaired) electrons. The second kappa shape index (κ2) is 7.57. The first-order chi connectivity index (χ1) is 12.1. The number of aromatic nitrogens is 1. The van der Waals surface area contributed by atoms with Gasteiger partial charge in [0.1, 0.15) is 12.0 Å². The minimum Gasteiger partial charge on any atom is -0.494 e. The highest BCUT2D eigenvalue weighted by atomic mass is 16.5. The number of rotatable bonds is 6. The number of benzene rings is 1. The SMILES string of the molecule is CCOc1ccccc1CN1CCN(c2nc(C(=O)O)co2)C(C)C1. The molecule has 2 heterocycles. The van der Waals surface area contributed by atoms with Crippen molar-refractivity contribution < 1.29 is 19.1 Å². The maximum absolute atomic E-state index is 11.0. The maximum atomic E-state index is 11.0. The van der Waals surface area contributed by atoms with Crippen molar-refractivity contribution in [3.63, 3.8) is 0 Å². The van der Waals surface area contributed by atoms with Crippen LogP contribution in [0.25, 0.3) is 0 Å². The van der Waals surface area contributed by atoms with Crippen molar-refractivity contribution in [1.82, 2.24) is 9.88 Å². The zero-order valence-electron chi connectivity index (χ0n) is 14.5. The normalized spacial score (nSPS) is 18.3. The molecule has 3 rings (SSSR count). The molecular formula is C18H23N3O4. The van der Waals surface area contributed by atoms with E-state index in [0.29, 0.717) is 12.6 Å². The zero-order chi connectivity index (χ0) is 17.8. The van der Waals surface area contributed by atoms with E-state index in [0.717, 1.165) is 31.9 Å². The fraction of sp³-hybridized carbons (Fsp3) is 0.444. The highest BCUT2D eigenvalue weighted by Crippen LogP contribution is 2.24. The molecule has 1 aromatic heterocycles. The first kappa shape index (κ1) is 17.3. The number of piperazine rings is 1. The van der Waals surface area contributed by atoms with Crippen LogP contribution < -0.4 is 9.64 Å². The summed E-state index contributed by atoms with van der Waals surface area (Å²) in [6, 6.07) is 8.65. The minimum absolute atomic E-state index is 0.0599. The summed E-state index contributed by atoms with van der Waals surface area (Å²) < 4.78 is 11.0. The number of para-hydroxylation sites is 1. The maximum Gasteiger partial charge on any atom is 0.357 e. The number of carboxylic acid groups (broad SMARTS) is 1. The highest BCUT2D eigenvalue weighted by molar-refractivity contribution is 5.85. The summed E-state index contributed by atoms with van der Waals surface area (Å²) in [5, 5.41) is 8.98. The van der Waals surface area contributed by atoms with E-state index >= 15 is 0 Å².